The number of hydrogen-bond acceptors (Lipinski definition) is 6. The summed E-state index contributed by atoms with van der Waals surface area (Å²) in [5.41, 5.74) is 1.70. The molecule has 12 heteroatoms. The van der Waals surface area contributed by atoms with E-state index in [1.165, 1.54) is 31.0 Å². The lowest BCUT2D eigenvalue weighted by Crippen LogP contribution is -2.31. The van der Waals surface area contributed by atoms with Gasteiger partial charge in [0, 0.05) is 27.6 Å². The van der Waals surface area contributed by atoms with E-state index in [1.807, 2.05) is 0 Å². The molecule has 1 atom stereocenters. The molecule has 1 aliphatic rings. The van der Waals surface area contributed by atoms with Crippen LogP contribution < -0.4 is 20.3 Å². The SMILES string of the molecule is COc1cc(C=C(NC(=O)c2ccccc2)C(=O)Nc2cccc(SC3CC(=O)N(c4ccc(Cl)cc4Cl)C3=O)c2)ccc1Br. The summed E-state index contributed by atoms with van der Waals surface area (Å²) in [4.78, 5) is 54.3. The highest BCUT2D eigenvalue weighted by Crippen LogP contribution is 2.38. The Balaban J connectivity index is 1.35. The summed E-state index contributed by atoms with van der Waals surface area (Å²) in [6, 6.07) is 25.3. The summed E-state index contributed by atoms with van der Waals surface area (Å²) in [7, 11) is 1.53. The lowest BCUT2D eigenvalue weighted by molar-refractivity contribution is -0.121. The molecule has 5 rings (SSSR count). The van der Waals surface area contributed by atoms with Crippen molar-refractivity contribution in [3.05, 3.63) is 122 Å². The van der Waals surface area contributed by atoms with Crippen molar-refractivity contribution in [3.63, 3.8) is 0 Å². The molecule has 8 nitrogen and oxygen atoms in total. The second-order valence-corrected chi connectivity index (χ2v) is 12.7. The number of anilines is 2. The molecule has 4 amide bonds. The number of nitrogens with one attached hydrogen (secondary N) is 2. The first-order valence-corrected chi connectivity index (χ1v) is 15.9. The number of rotatable bonds is 9. The Morgan fingerprint density at radius 3 is 2.49 bits per heavy atom. The number of imide groups is 1. The number of hydrogen-bond donors (Lipinski definition) is 2. The van der Waals surface area contributed by atoms with E-state index in [1.54, 1.807) is 84.9 Å². The zero-order chi connectivity index (χ0) is 32.1. The van der Waals surface area contributed by atoms with Crippen molar-refractivity contribution in [2.45, 2.75) is 16.6 Å². The molecule has 1 aliphatic heterocycles. The highest BCUT2D eigenvalue weighted by atomic mass is 79.9. The van der Waals surface area contributed by atoms with Crippen molar-refractivity contribution < 1.29 is 23.9 Å². The average Bonchev–Trinajstić information content (AvgIpc) is 3.29. The Kier molecular flexibility index (Phi) is 10.3. The Morgan fingerprint density at radius 1 is 0.978 bits per heavy atom. The third-order valence-electron chi connectivity index (χ3n) is 6.64. The van der Waals surface area contributed by atoms with Gasteiger partial charge in [0.1, 0.15) is 11.4 Å². The number of carbonyl (C=O) groups is 4. The van der Waals surface area contributed by atoms with E-state index < -0.39 is 23.0 Å². The smallest absolute Gasteiger partial charge is 0.272 e. The van der Waals surface area contributed by atoms with Gasteiger partial charge >= 0.3 is 0 Å². The van der Waals surface area contributed by atoms with Gasteiger partial charge in [-0.1, -0.05) is 53.5 Å². The Bertz CT molecular complexity index is 1840. The maximum absolute atomic E-state index is 13.5. The Morgan fingerprint density at radius 2 is 1.76 bits per heavy atom. The van der Waals surface area contributed by atoms with Gasteiger partial charge in [-0.05, 0) is 88.2 Å². The van der Waals surface area contributed by atoms with E-state index in [9.17, 15) is 19.2 Å². The van der Waals surface area contributed by atoms with Crippen LogP contribution in [0.15, 0.2) is 106 Å². The fourth-order valence-corrected chi connectivity index (χ4v) is 6.51. The fraction of sp³-hybridized carbons (Fsp3) is 0.0909. The maximum Gasteiger partial charge on any atom is 0.272 e. The highest BCUT2D eigenvalue weighted by Gasteiger charge is 2.41. The van der Waals surface area contributed by atoms with Crippen LogP contribution in [0.25, 0.3) is 6.08 Å². The van der Waals surface area contributed by atoms with E-state index >= 15 is 0 Å². The number of nitrogens with zero attached hydrogens (tertiary/aromatic N) is 1. The third kappa shape index (κ3) is 7.77. The number of ether oxygens (including phenoxy) is 1. The zero-order valence-corrected chi connectivity index (χ0v) is 27.5. The van der Waals surface area contributed by atoms with E-state index in [0.29, 0.717) is 32.5 Å². The van der Waals surface area contributed by atoms with Crippen LogP contribution >= 0.6 is 50.9 Å². The first-order chi connectivity index (χ1) is 21.6. The van der Waals surface area contributed by atoms with Crippen molar-refractivity contribution in [2.24, 2.45) is 0 Å². The zero-order valence-electron chi connectivity index (χ0n) is 23.6. The van der Waals surface area contributed by atoms with Crippen molar-refractivity contribution in [3.8, 4) is 5.75 Å². The molecule has 1 saturated heterocycles. The van der Waals surface area contributed by atoms with Crippen LogP contribution in [-0.2, 0) is 14.4 Å². The molecular weight excluding hydrogens is 701 g/mol. The van der Waals surface area contributed by atoms with Gasteiger partial charge in [0.25, 0.3) is 11.8 Å². The second-order valence-electron chi connectivity index (χ2n) is 9.73. The minimum atomic E-state index is -0.691. The van der Waals surface area contributed by atoms with E-state index in [-0.39, 0.29) is 28.7 Å². The first-order valence-electron chi connectivity index (χ1n) is 13.4. The summed E-state index contributed by atoms with van der Waals surface area (Å²) in [5, 5.41) is 5.43. The van der Waals surface area contributed by atoms with Crippen LogP contribution in [0.5, 0.6) is 5.75 Å². The topological polar surface area (TPSA) is 105 Å². The minimum absolute atomic E-state index is 0.00154. The van der Waals surface area contributed by atoms with E-state index in [2.05, 4.69) is 26.6 Å². The molecule has 0 aromatic heterocycles. The monoisotopic (exact) mass is 723 g/mol. The van der Waals surface area contributed by atoms with Gasteiger partial charge in [-0.15, -0.1) is 11.8 Å². The number of thioether (sulfide) groups is 1. The summed E-state index contributed by atoms with van der Waals surface area (Å²) < 4.78 is 6.11. The number of halogens is 3. The first kappa shape index (κ1) is 32.3. The standard InChI is InChI=1S/C33H24BrCl2N3O5S/c1-44-28-15-19(10-12-24(28)34)14-26(38-31(41)20-6-3-2-4-7-20)32(42)37-22-8-5-9-23(17-22)45-29-18-30(40)39(33(29)43)27-13-11-21(35)16-25(27)36/h2-17,29H,18H2,1H3,(H,37,42)(H,38,41). The summed E-state index contributed by atoms with van der Waals surface area (Å²) in [6.45, 7) is 0. The maximum atomic E-state index is 13.5. The fourth-order valence-electron chi connectivity index (χ4n) is 4.50. The minimum Gasteiger partial charge on any atom is -0.496 e. The largest absolute Gasteiger partial charge is 0.496 e. The predicted molar refractivity (Wildman–Crippen MR) is 181 cm³/mol. The molecule has 0 bridgehead atoms. The molecule has 4 aromatic rings. The molecular formula is C33H24BrCl2N3O5S. The molecule has 0 saturated carbocycles. The van der Waals surface area contributed by atoms with Crippen LogP contribution in [0.2, 0.25) is 10.0 Å². The van der Waals surface area contributed by atoms with Gasteiger partial charge in [0.2, 0.25) is 11.8 Å². The summed E-state index contributed by atoms with van der Waals surface area (Å²) in [6.07, 6.45) is 1.52. The van der Waals surface area contributed by atoms with Crippen LogP contribution in [0.1, 0.15) is 22.3 Å². The molecule has 45 heavy (non-hydrogen) atoms. The molecule has 4 aromatic carbocycles. The molecule has 0 radical (unpaired) electrons. The molecule has 0 spiro atoms. The molecule has 1 unspecified atom stereocenters. The van der Waals surface area contributed by atoms with Gasteiger partial charge in [-0.3, -0.25) is 19.2 Å². The summed E-state index contributed by atoms with van der Waals surface area (Å²) in [5.74, 6) is -1.25. The second kappa shape index (κ2) is 14.3. The van der Waals surface area contributed by atoms with Crippen LogP contribution in [-0.4, -0.2) is 36.0 Å². The predicted octanol–water partition coefficient (Wildman–Crippen LogP) is 7.60. The number of benzene rings is 4. The van der Waals surface area contributed by atoms with Crippen molar-refractivity contribution >= 4 is 92.0 Å². The normalized spacial score (nSPS) is 14.8. The number of carbonyl (C=O) groups excluding carboxylic acids is 4. The van der Waals surface area contributed by atoms with Gasteiger partial charge in [-0.2, -0.15) is 0 Å². The summed E-state index contributed by atoms with van der Waals surface area (Å²) >= 11 is 16.9. The quantitative estimate of drug-likeness (QED) is 0.136. The molecule has 1 heterocycles. The molecule has 228 valence electrons. The third-order valence-corrected chi connectivity index (χ3v) is 9.01. The van der Waals surface area contributed by atoms with Gasteiger partial charge in [0.15, 0.2) is 0 Å². The van der Waals surface area contributed by atoms with Crippen LogP contribution in [0, 0.1) is 0 Å². The van der Waals surface area contributed by atoms with Gasteiger partial charge < -0.3 is 15.4 Å². The lowest BCUT2D eigenvalue weighted by Gasteiger charge is -2.17. The van der Waals surface area contributed by atoms with Crippen LogP contribution in [0.3, 0.4) is 0 Å². The van der Waals surface area contributed by atoms with Crippen molar-refractivity contribution in [1.82, 2.24) is 5.32 Å². The average molecular weight is 725 g/mol. The Hall–Kier alpha value is -4.09. The van der Waals surface area contributed by atoms with Gasteiger partial charge in [0.05, 0.1) is 27.5 Å². The molecule has 2 N–H and O–H groups in total. The molecule has 1 fully saturated rings. The van der Waals surface area contributed by atoms with Crippen molar-refractivity contribution in [1.29, 1.82) is 0 Å². The lowest BCUT2D eigenvalue weighted by atomic mass is 10.1. The van der Waals surface area contributed by atoms with E-state index in [0.717, 1.165) is 9.37 Å². The van der Waals surface area contributed by atoms with Gasteiger partial charge in [-0.25, -0.2) is 4.90 Å². The number of methoxy groups -OCH3 is 1. The van der Waals surface area contributed by atoms with E-state index in [4.69, 9.17) is 27.9 Å². The Labute approximate surface area is 281 Å². The highest BCUT2D eigenvalue weighted by molar-refractivity contribution is 9.10. The van der Waals surface area contributed by atoms with Crippen molar-refractivity contribution in [2.75, 3.05) is 17.3 Å². The molecule has 0 aliphatic carbocycles. The number of amides is 4. The van der Waals surface area contributed by atoms with Crippen LogP contribution in [0.4, 0.5) is 11.4 Å².